The molecule has 0 radical (unpaired) electrons. The van der Waals surface area contributed by atoms with Crippen LogP contribution < -0.4 is 5.32 Å². The van der Waals surface area contributed by atoms with E-state index in [-0.39, 0.29) is 0 Å². The summed E-state index contributed by atoms with van der Waals surface area (Å²) in [7, 11) is 0. The maximum Gasteiger partial charge on any atom is 0.110 e. The zero-order chi connectivity index (χ0) is 12.4. The maximum absolute atomic E-state index is 4.77. The second kappa shape index (κ2) is 5.21. The minimum atomic E-state index is 0.485. The summed E-state index contributed by atoms with van der Waals surface area (Å²) >= 11 is 1.78. The first kappa shape index (κ1) is 11.9. The van der Waals surface area contributed by atoms with Gasteiger partial charge in [-0.2, -0.15) is 0 Å². The van der Waals surface area contributed by atoms with Crippen LogP contribution in [-0.2, 0) is 6.42 Å². The van der Waals surface area contributed by atoms with Crippen molar-refractivity contribution in [2.24, 2.45) is 0 Å². The molecule has 2 nitrogen and oxygen atoms in total. The highest BCUT2D eigenvalue weighted by Gasteiger charge is 2.19. The number of aryl methyl sites for hydroxylation is 1. The summed E-state index contributed by atoms with van der Waals surface area (Å²) in [4.78, 5) is 4.77. The number of thiazole rings is 1. The largest absolute Gasteiger partial charge is 0.308 e. The van der Waals surface area contributed by atoms with E-state index in [9.17, 15) is 0 Å². The minimum absolute atomic E-state index is 0.485. The Balaban J connectivity index is 1.82. The first-order chi connectivity index (χ1) is 8.86. The predicted octanol–water partition coefficient (Wildman–Crippen LogP) is 3.80. The van der Waals surface area contributed by atoms with Crippen molar-refractivity contribution in [3.05, 3.63) is 40.2 Å². The molecule has 94 valence electrons. The van der Waals surface area contributed by atoms with Crippen LogP contribution in [0.3, 0.4) is 0 Å². The highest BCUT2D eigenvalue weighted by atomic mass is 32.1. The van der Waals surface area contributed by atoms with E-state index >= 15 is 0 Å². The Labute approximate surface area is 112 Å². The second-order valence-corrected chi connectivity index (χ2v) is 5.66. The van der Waals surface area contributed by atoms with Crippen molar-refractivity contribution in [3.8, 4) is 11.3 Å². The SMILES string of the molecule is CCc1ccc(-c2csc(C3CCCN3)n2)cc1. The third-order valence-corrected chi connectivity index (χ3v) is 4.50. The summed E-state index contributed by atoms with van der Waals surface area (Å²) in [5.41, 5.74) is 3.73. The molecular formula is C15H18N2S. The summed E-state index contributed by atoms with van der Waals surface area (Å²) < 4.78 is 0. The third-order valence-electron chi connectivity index (χ3n) is 3.54. The minimum Gasteiger partial charge on any atom is -0.308 e. The van der Waals surface area contributed by atoms with Crippen LogP contribution in [0.15, 0.2) is 29.6 Å². The van der Waals surface area contributed by atoms with Gasteiger partial charge in [-0.05, 0) is 31.4 Å². The first-order valence-corrected chi connectivity index (χ1v) is 7.53. The summed E-state index contributed by atoms with van der Waals surface area (Å²) in [6.45, 7) is 3.31. The average Bonchev–Trinajstić information content (AvgIpc) is 3.09. The molecule has 0 bridgehead atoms. The number of benzene rings is 1. The molecule has 1 aromatic carbocycles. The van der Waals surface area contributed by atoms with E-state index in [0.717, 1.165) is 18.7 Å². The van der Waals surface area contributed by atoms with Crippen LogP contribution in [0.1, 0.15) is 36.4 Å². The van der Waals surface area contributed by atoms with Gasteiger partial charge in [0.1, 0.15) is 5.01 Å². The molecule has 3 heteroatoms. The van der Waals surface area contributed by atoms with E-state index in [1.807, 2.05) is 0 Å². The molecule has 0 amide bonds. The molecule has 3 rings (SSSR count). The van der Waals surface area contributed by atoms with Crippen LogP contribution in [0.4, 0.5) is 0 Å². The molecule has 2 heterocycles. The molecule has 0 spiro atoms. The summed E-state index contributed by atoms with van der Waals surface area (Å²) in [6, 6.07) is 9.24. The van der Waals surface area contributed by atoms with Gasteiger partial charge in [0.15, 0.2) is 0 Å². The van der Waals surface area contributed by atoms with Crippen molar-refractivity contribution in [1.29, 1.82) is 0 Å². The van der Waals surface area contributed by atoms with E-state index in [2.05, 4.69) is 41.9 Å². The van der Waals surface area contributed by atoms with E-state index in [0.29, 0.717) is 6.04 Å². The van der Waals surface area contributed by atoms with Crippen molar-refractivity contribution in [2.45, 2.75) is 32.2 Å². The molecule has 1 unspecified atom stereocenters. The molecule has 1 aliphatic heterocycles. The standard InChI is InChI=1S/C15H18N2S/c1-2-11-5-7-12(8-6-11)14-10-18-15(17-14)13-4-3-9-16-13/h5-8,10,13,16H,2-4,9H2,1H3. The van der Waals surface area contributed by atoms with Gasteiger partial charge in [-0.1, -0.05) is 31.2 Å². The van der Waals surface area contributed by atoms with Gasteiger partial charge < -0.3 is 5.32 Å². The zero-order valence-electron chi connectivity index (χ0n) is 10.6. The van der Waals surface area contributed by atoms with E-state index in [1.54, 1.807) is 11.3 Å². The number of aromatic nitrogens is 1. The molecular weight excluding hydrogens is 240 g/mol. The van der Waals surface area contributed by atoms with Gasteiger partial charge in [0.25, 0.3) is 0 Å². The van der Waals surface area contributed by atoms with Crippen LogP contribution in [0, 0.1) is 0 Å². The molecule has 1 aliphatic rings. The van der Waals surface area contributed by atoms with Crippen LogP contribution in [0.5, 0.6) is 0 Å². The normalized spacial score (nSPS) is 19.3. The Morgan fingerprint density at radius 1 is 1.33 bits per heavy atom. The number of rotatable bonds is 3. The number of hydrogen-bond acceptors (Lipinski definition) is 3. The van der Waals surface area contributed by atoms with E-state index < -0.39 is 0 Å². The van der Waals surface area contributed by atoms with Gasteiger partial charge in [-0.3, -0.25) is 0 Å². The van der Waals surface area contributed by atoms with Gasteiger partial charge >= 0.3 is 0 Å². The summed E-state index contributed by atoms with van der Waals surface area (Å²) in [5.74, 6) is 0. The van der Waals surface area contributed by atoms with Gasteiger partial charge in [0.2, 0.25) is 0 Å². The maximum atomic E-state index is 4.77. The molecule has 1 saturated heterocycles. The van der Waals surface area contributed by atoms with Gasteiger partial charge in [-0.15, -0.1) is 11.3 Å². The zero-order valence-corrected chi connectivity index (χ0v) is 11.5. The van der Waals surface area contributed by atoms with Crippen LogP contribution in [0.25, 0.3) is 11.3 Å². The molecule has 0 saturated carbocycles. The van der Waals surface area contributed by atoms with E-state index in [4.69, 9.17) is 4.98 Å². The van der Waals surface area contributed by atoms with Crippen molar-refractivity contribution < 1.29 is 0 Å². The van der Waals surface area contributed by atoms with Crippen LogP contribution >= 0.6 is 11.3 Å². The molecule has 0 aliphatic carbocycles. The highest BCUT2D eigenvalue weighted by Crippen LogP contribution is 2.29. The lowest BCUT2D eigenvalue weighted by Gasteiger charge is -2.04. The first-order valence-electron chi connectivity index (χ1n) is 6.65. The molecule has 1 aromatic heterocycles. The Morgan fingerprint density at radius 2 is 2.17 bits per heavy atom. The van der Waals surface area contributed by atoms with Gasteiger partial charge in [0.05, 0.1) is 11.7 Å². The fourth-order valence-electron chi connectivity index (χ4n) is 2.39. The third kappa shape index (κ3) is 2.33. The monoisotopic (exact) mass is 258 g/mol. The Bertz CT molecular complexity index is 510. The highest BCUT2D eigenvalue weighted by molar-refractivity contribution is 7.10. The smallest absolute Gasteiger partial charge is 0.110 e. The molecule has 1 fully saturated rings. The molecule has 1 N–H and O–H groups in total. The fraction of sp³-hybridized carbons (Fsp3) is 0.400. The van der Waals surface area contributed by atoms with E-state index in [1.165, 1.54) is 29.0 Å². The quantitative estimate of drug-likeness (QED) is 0.906. The lowest BCUT2D eigenvalue weighted by Crippen LogP contribution is -2.12. The Hall–Kier alpha value is -1.19. The lowest BCUT2D eigenvalue weighted by molar-refractivity contribution is 0.643. The molecule has 2 aromatic rings. The van der Waals surface area contributed by atoms with Crippen LogP contribution in [-0.4, -0.2) is 11.5 Å². The number of nitrogens with one attached hydrogen (secondary N) is 1. The predicted molar refractivity (Wildman–Crippen MR) is 76.9 cm³/mol. The molecule has 18 heavy (non-hydrogen) atoms. The van der Waals surface area contributed by atoms with Crippen molar-refractivity contribution in [2.75, 3.05) is 6.54 Å². The Kier molecular flexibility index (Phi) is 3.43. The fourth-order valence-corrected chi connectivity index (χ4v) is 3.32. The van der Waals surface area contributed by atoms with Crippen molar-refractivity contribution >= 4 is 11.3 Å². The van der Waals surface area contributed by atoms with Crippen LogP contribution in [0.2, 0.25) is 0 Å². The summed E-state index contributed by atoms with van der Waals surface area (Å²) in [6.07, 6.45) is 3.58. The van der Waals surface area contributed by atoms with Crippen molar-refractivity contribution in [3.63, 3.8) is 0 Å². The van der Waals surface area contributed by atoms with Gasteiger partial charge in [0, 0.05) is 10.9 Å². The Morgan fingerprint density at radius 3 is 2.83 bits per heavy atom. The number of hydrogen-bond donors (Lipinski definition) is 1. The number of nitrogens with zero attached hydrogens (tertiary/aromatic N) is 1. The van der Waals surface area contributed by atoms with Gasteiger partial charge in [-0.25, -0.2) is 4.98 Å². The van der Waals surface area contributed by atoms with Crippen molar-refractivity contribution in [1.82, 2.24) is 10.3 Å². The average molecular weight is 258 g/mol. The topological polar surface area (TPSA) is 24.9 Å². The second-order valence-electron chi connectivity index (χ2n) is 4.77. The molecule has 1 atom stereocenters. The summed E-state index contributed by atoms with van der Waals surface area (Å²) in [5, 5.41) is 6.92. The lowest BCUT2D eigenvalue weighted by atomic mass is 10.1.